The van der Waals surface area contributed by atoms with Crippen molar-refractivity contribution in [2.75, 3.05) is 6.61 Å². The van der Waals surface area contributed by atoms with Crippen molar-refractivity contribution in [2.24, 2.45) is 5.41 Å². The van der Waals surface area contributed by atoms with E-state index in [1.807, 2.05) is 0 Å². The molecule has 1 fully saturated rings. The summed E-state index contributed by atoms with van der Waals surface area (Å²) in [4.78, 5) is 8.11. The quantitative estimate of drug-likeness (QED) is 0.748. The van der Waals surface area contributed by atoms with Crippen molar-refractivity contribution in [1.82, 2.24) is 9.97 Å². The molecule has 2 rings (SSSR count). The largest absolute Gasteiger partial charge is 0.474 e. The summed E-state index contributed by atoms with van der Waals surface area (Å²) in [5.74, 6) is 6.64. The van der Waals surface area contributed by atoms with E-state index in [1.165, 1.54) is 19.2 Å². The maximum absolute atomic E-state index is 5.82. The Balaban J connectivity index is 1.95. The van der Waals surface area contributed by atoms with Gasteiger partial charge in [-0.25, -0.2) is 9.97 Å². The van der Waals surface area contributed by atoms with E-state index >= 15 is 0 Å². The highest BCUT2D eigenvalue weighted by Crippen LogP contribution is 2.49. The topological polar surface area (TPSA) is 44.2 Å². The second-order valence-electron chi connectivity index (χ2n) is 4.82. The van der Waals surface area contributed by atoms with Crippen LogP contribution in [0.15, 0.2) is 12.4 Å². The van der Waals surface area contributed by atoms with Gasteiger partial charge in [-0.15, -0.1) is 5.92 Å². The Kier molecular flexibility index (Phi) is 3.71. The smallest absolute Gasteiger partial charge is 0.221 e. The fourth-order valence-electron chi connectivity index (χ4n) is 1.58. The Morgan fingerprint density at radius 3 is 2.78 bits per heavy atom. The summed E-state index contributed by atoms with van der Waals surface area (Å²) in [5.41, 5.74) is 0.305. The Labute approximate surface area is 108 Å². The predicted octanol–water partition coefficient (Wildman–Crippen LogP) is 2.45. The van der Waals surface area contributed by atoms with Crippen LogP contribution in [0.2, 0.25) is 0 Å². The van der Waals surface area contributed by atoms with E-state index in [-0.39, 0.29) is 6.10 Å². The third kappa shape index (κ3) is 3.13. The van der Waals surface area contributed by atoms with Crippen LogP contribution >= 0.6 is 0 Å². The molecule has 0 amide bonds. The van der Waals surface area contributed by atoms with Gasteiger partial charge in [0.15, 0.2) is 6.61 Å². The number of hydrogen-bond donors (Lipinski definition) is 0. The average molecular weight is 246 g/mol. The van der Waals surface area contributed by atoms with Gasteiger partial charge in [-0.05, 0) is 26.7 Å². The lowest BCUT2D eigenvalue weighted by Crippen LogP contribution is -2.22. The van der Waals surface area contributed by atoms with Gasteiger partial charge >= 0.3 is 0 Å². The lowest BCUT2D eigenvalue weighted by molar-refractivity contribution is 0.139. The van der Waals surface area contributed by atoms with Gasteiger partial charge in [0.1, 0.15) is 12.4 Å². The molecule has 1 aromatic heterocycles. The molecule has 0 bridgehead atoms. The van der Waals surface area contributed by atoms with Crippen LogP contribution in [0.1, 0.15) is 33.6 Å². The van der Waals surface area contributed by atoms with Crippen molar-refractivity contribution in [1.29, 1.82) is 0 Å². The molecule has 0 radical (unpaired) electrons. The van der Waals surface area contributed by atoms with Gasteiger partial charge in [-0.3, -0.25) is 0 Å². The summed E-state index contributed by atoms with van der Waals surface area (Å²) in [5, 5.41) is 0. The molecule has 0 saturated heterocycles. The SMILES string of the molecule is CC#CCOc1cc(OC(C)C2(C)CC2)ncn1. The van der Waals surface area contributed by atoms with Gasteiger partial charge in [-0.1, -0.05) is 12.8 Å². The summed E-state index contributed by atoms with van der Waals surface area (Å²) in [6.45, 7) is 6.42. The van der Waals surface area contributed by atoms with Crippen LogP contribution in [-0.2, 0) is 0 Å². The molecule has 1 aromatic rings. The van der Waals surface area contributed by atoms with Gasteiger partial charge in [0, 0.05) is 5.41 Å². The molecule has 0 spiro atoms. The number of ether oxygens (including phenoxy) is 2. The average Bonchev–Trinajstić information content (AvgIpc) is 3.10. The molecule has 4 heteroatoms. The lowest BCUT2D eigenvalue weighted by Gasteiger charge is -2.19. The molecule has 96 valence electrons. The molecule has 1 aliphatic carbocycles. The third-order valence-electron chi connectivity index (χ3n) is 3.40. The van der Waals surface area contributed by atoms with Crippen molar-refractivity contribution in [2.45, 2.75) is 39.7 Å². The lowest BCUT2D eigenvalue weighted by atomic mass is 10.0. The van der Waals surface area contributed by atoms with E-state index in [4.69, 9.17) is 9.47 Å². The second-order valence-corrected chi connectivity index (χ2v) is 4.82. The van der Waals surface area contributed by atoms with Crippen LogP contribution < -0.4 is 9.47 Å². The van der Waals surface area contributed by atoms with Crippen LogP contribution in [0.25, 0.3) is 0 Å². The van der Waals surface area contributed by atoms with Crippen LogP contribution in [0, 0.1) is 17.3 Å². The molecule has 0 N–H and O–H groups in total. The summed E-state index contributed by atoms with van der Waals surface area (Å²) in [6.07, 6.45) is 4.05. The van der Waals surface area contributed by atoms with E-state index in [0.29, 0.717) is 23.8 Å². The van der Waals surface area contributed by atoms with Gasteiger partial charge in [0.05, 0.1) is 6.07 Å². The molecular weight excluding hydrogens is 228 g/mol. The van der Waals surface area contributed by atoms with Crippen LogP contribution in [0.4, 0.5) is 0 Å². The van der Waals surface area contributed by atoms with Gasteiger partial charge in [0.2, 0.25) is 11.8 Å². The first-order valence-corrected chi connectivity index (χ1v) is 6.15. The maximum atomic E-state index is 5.82. The second kappa shape index (κ2) is 5.26. The highest BCUT2D eigenvalue weighted by atomic mass is 16.5. The predicted molar refractivity (Wildman–Crippen MR) is 68.4 cm³/mol. The third-order valence-corrected chi connectivity index (χ3v) is 3.40. The van der Waals surface area contributed by atoms with Crippen molar-refractivity contribution in [3.8, 4) is 23.6 Å². The first kappa shape index (κ1) is 12.7. The fourth-order valence-corrected chi connectivity index (χ4v) is 1.58. The summed E-state index contributed by atoms with van der Waals surface area (Å²) in [7, 11) is 0. The molecule has 1 aliphatic rings. The summed E-state index contributed by atoms with van der Waals surface area (Å²) >= 11 is 0. The first-order valence-electron chi connectivity index (χ1n) is 6.15. The Hall–Kier alpha value is -1.76. The highest BCUT2D eigenvalue weighted by molar-refractivity contribution is 5.19. The zero-order valence-electron chi connectivity index (χ0n) is 11.1. The fraction of sp³-hybridized carbons (Fsp3) is 0.571. The highest BCUT2D eigenvalue weighted by Gasteiger charge is 2.44. The summed E-state index contributed by atoms with van der Waals surface area (Å²) in [6, 6.07) is 1.71. The van der Waals surface area contributed by atoms with Crippen molar-refractivity contribution < 1.29 is 9.47 Å². The number of aromatic nitrogens is 2. The number of rotatable bonds is 5. The molecule has 1 unspecified atom stereocenters. The molecule has 0 aromatic carbocycles. The molecule has 0 aliphatic heterocycles. The van der Waals surface area contributed by atoms with Crippen LogP contribution in [0.3, 0.4) is 0 Å². The number of hydrogen-bond acceptors (Lipinski definition) is 4. The monoisotopic (exact) mass is 246 g/mol. The molecular formula is C14H18N2O2. The Morgan fingerprint density at radius 2 is 2.11 bits per heavy atom. The van der Waals surface area contributed by atoms with E-state index in [9.17, 15) is 0 Å². The molecule has 1 atom stereocenters. The molecule has 4 nitrogen and oxygen atoms in total. The van der Waals surface area contributed by atoms with Crippen molar-refractivity contribution in [3.63, 3.8) is 0 Å². The summed E-state index contributed by atoms with van der Waals surface area (Å²) < 4.78 is 11.2. The zero-order valence-corrected chi connectivity index (χ0v) is 11.1. The van der Waals surface area contributed by atoms with E-state index in [1.54, 1.807) is 13.0 Å². The maximum Gasteiger partial charge on any atom is 0.221 e. The van der Waals surface area contributed by atoms with Crippen molar-refractivity contribution in [3.05, 3.63) is 12.4 Å². The van der Waals surface area contributed by atoms with Crippen LogP contribution in [-0.4, -0.2) is 22.7 Å². The van der Waals surface area contributed by atoms with E-state index < -0.39 is 0 Å². The zero-order chi connectivity index (χ0) is 13.0. The van der Waals surface area contributed by atoms with Crippen LogP contribution in [0.5, 0.6) is 11.8 Å². The standard InChI is InChI=1S/C14H18N2O2/c1-4-5-8-17-12-9-13(16-10-15-12)18-11(2)14(3)6-7-14/h9-11H,6-8H2,1-3H3. The van der Waals surface area contributed by atoms with Gasteiger partial charge in [-0.2, -0.15) is 0 Å². The van der Waals surface area contributed by atoms with Gasteiger partial charge < -0.3 is 9.47 Å². The minimum absolute atomic E-state index is 0.163. The minimum Gasteiger partial charge on any atom is -0.474 e. The van der Waals surface area contributed by atoms with Gasteiger partial charge in [0.25, 0.3) is 0 Å². The van der Waals surface area contributed by atoms with E-state index in [0.717, 1.165) is 0 Å². The molecule has 1 heterocycles. The number of nitrogens with zero attached hydrogens (tertiary/aromatic N) is 2. The van der Waals surface area contributed by atoms with Crippen molar-refractivity contribution >= 4 is 0 Å². The normalized spacial score (nSPS) is 17.3. The van der Waals surface area contributed by atoms with E-state index in [2.05, 4.69) is 35.7 Å². The minimum atomic E-state index is 0.163. The first-order chi connectivity index (χ1) is 8.64. The Morgan fingerprint density at radius 1 is 1.39 bits per heavy atom. The molecule has 18 heavy (non-hydrogen) atoms. The Bertz CT molecular complexity index is 472. The molecule has 1 saturated carbocycles.